The van der Waals surface area contributed by atoms with Crippen LogP contribution in [0.2, 0.25) is 0 Å². The monoisotopic (exact) mass is 352 g/mol. The summed E-state index contributed by atoms with van der Waals surface area (Å²) in [6.45, 7) is 0.286. The highest BCUT2D eigenvalue weighted by Crippen LogP contribution is 2.37. The van der Waals surface area contributed by atoms with Gasteiger partial charge >= 0.3 is 6.09 Å². The van der Waals surface area contributed by atoms with Gasteiger partial charge in [-0.1, -0.05) is 36.4 Å². The summed E-state index contributed by atoms with van der Waals surface area (Å²) in [5, 5.41) is 0. The molecule has 1 saturated heterocycles. The highest BCUT2D eigenvalue weighted by atomic mass is 19.1. The number of piperidine rings is 1. The van der Waals surface area contributed by atoms with E-state index in [1.165, 1.54) is 6.07 Å². The predicted octanol–water partition coefficient (Wildman–Crippen LogP) is 4.57. The van der Waals surface area contributed by atoms with Crippen molar-refractivity contribution in [3.63, 3.8) is 0 Å². The topological polar surface area (TPSA) is 42.4 Å². The van der Waals surface area contributed by atoms with E-state index in [1.807, 2.05) is 35.2 Å². The summed E-state index contributed by atoms with van der Waals surface area (Å²) in [4.78, 5) is 18.3. The van der Waals surface area contributed by atoms with Crippen molar-refractivity contribution in [2.24, 2.45) is 0 Å². The van der Waals surface area contributed by atoms with Crippen molar-refractivity contribution in [3.8, 4) is 0 Å². The molecule has 3 heterocycles. The van der Waals surface area contributed by atoms with Crippen molar-refractivity contribution in [1.82, 2.24) is 9.88 Å². The molecule has 0 aliphatic carbocycles. The molecule has 2 unspecified atom stereocenters. The number of benzene rings is 1. The van der Waals surface area contributed by atoms with Crippen LogP contribution >= 0.6 is 0 Å². The molecule has 5 heteroatoms. The van der Waals surface area contributed by atoms with Crippen LogP contribution in [0.5, 0.6) is 0 Å². The van der Waals surface area contributed by atoms with Crippen LogP contribution in [0.1, 0.15) is 36.8 Å². The summed E-state index contributed by atoms with van der Waals surface area (Å²) in [5.74, 6) is -0.475. The molecule has 4 nitrogen and oxygen atoms in total. The Morgan fingerprint density at radius 3 is 2.77 bits per heavy atom. The van der Waals surface area contributed by atoms with Gasteiger partial charge in [-0.25, -0.2) is 9.78 Å². The number of fused-ring (bicyclic) bond motifs is 2. The van der Waals surface area contributed by atoms with Crippen LogP contribution in [-0.4, -0.2) is 28.1 Å². The Balaban J connectivity index is 1.49. The van der Waals surface area contributed by atoms with E-state index in [4.69, 9.17) is 4.74 Å². The highest BCUT2D eigenvalue weighted by Gasteiger charge is 2.38. The molecule has 26 heavy (non-hydrogen) atoms. The van der Waals surface area contributed by atoms with Gasteiger partial charge in [0.25, 0.3) is 0 Å². The molecule has 1 aromatic carbocycles. The lowest BCUT2D eigenvalue weighted by atomic mass is 9.83. The first-order valence-electron chi connectivity index (χ1n) is 9.02. The number of halogens is 1. The molecule has 2 aromatic rings. The molecule has 1 aromatic heterocycles. The van der Waals surface area contributed by atoms with Crippen molar-refractivity contribution in [3.05, 3.63) is 71.8 Å². The fourth-order valence-corrected chi connectivity index (χ4v) is 3.89. The third-order valence-corrected chi connectivity index (χ3v) is 5.15. The van der Waals surface area contributed by atoms with E-state index in [1.54, 1.807) is 12.3 Å². The lowest BCUT2D eigenvalue weighted by molar-refractivity contribution is 0.0510. The molecule has 2 aliphatic heterocycles. The molecule has 2 bridgehead atoms. The van der Waals surface area contributed by atoms with Crippen molar-refractivity contribution >= 4 is 11.7 Å². The molecule has 0 spiro atoms. The minimum absolute atomic E-state index is 0.0332. The largest absolute Gasteiger partial charge is 0.445 e. The van der Waals surface area contributed by atoms with E-state index in [0.717, 1.165) is 42.4 Å². The summed E-state index contributed by atoms with van der Waals surface area (Å²) in [6.07, 6.45) is 7.18. The molecule has 2 aliphatic rings. The number of pyridine rings is 1. The van der Waals surface area contributed by atoms with E-state index < -0.39 is 5.95 Å². The van der Waals surface area contributed by atoms with Gasteiger partial charge in [0.15, 0.2) is 0 Å². The Morgan fingerprint density at radius 1 is 1.19 bits per heavy atom. The summed E-state index contributed by atoms with van der Waals surface area (Å²) in [6, 6.07) is 13.0. The van der Waals surface area contributed by atoms with Gasteiger partial charge in [0.05, 0.1) is 6.04 Å². The van der Waals surface area contributed by atoms with E-state index in [-0.39, 0.29) is 24.8 Å². The minimum atomic E-state index is -0.475. The maximum Gasteiger partial charge on any atom is 0.410 e. The van der Waals surface area contributed by atoms with E-state index in [0.29, 0.717) is 0 Å². The maximum absolute atomic E-state index is 13.1. The Morgan fingerprint density at radius 2 is 2.04 bits per heavy atom. The van der Waals surface area contributed by atoms with Crippen molar-refractivity contribution < 1.29 is 13.9 Å². The second-order valence-electron chi connectivity index (χ2n) is 6.87. The van der Waals surface area contributed by atoms with Gasteiger partial charge in [-0.3, -0.25) is 4.90 Å². The number of hydrogen-bond donors (Lipinski definition) is 0. The Hall–Kier alpha value is -2.69. The third kappa shape index (κ3) is 3.47. The molecule has 2 atom stereocenters. The number of carbonyl (C=O) groups is 1. The van der Waals surface area contributed by atoms with Crippen LogP contribution in [0.25, 0.3) is 5.57 Å². The van der Waals surface area contributed by atoms with E-state index in [2.05, 4.69) is 11.1 Å². The molecule has 0 N–H and O–H groups in total. The predicted molar refractivity (Wildman–Crippen MR) is 96.7 cm³/mol. The molecule has 0 saturated carbocycles. The quantitative estimate of drug-likeness (QED) is 0.760. The smallest absolute Gasteiger partial charge is 0.410 e. The zero-order valence-electron chi connectivity index (χ0n) is 14.5. The summed E-state index contributed by atoms with van der Waals surface area (Å²) in [5.41, 5.74) is 3.05. The summed E-state index contributed by atoms with van der Waals surface area (Å²) < 4.78 is 18.6. The minimum Gasteiger partial charge on any atom is -0.445 e. The van der Waals surface area contributed by atoms with Crippen molar-refractivity contribution in [2.45, 2.75) is 44.4 Å². The first-order chi connectivity index (χ1) is 12.7. The fourth-order valence-electron chi connectivity index (χ4n) is 3.89. The van der Waals surface area contributed by atoms with E-state index >= 15 is 0 Å². The van der Waals surface area contributed by atoms with Gasteiger partial charge in [-0.2, -0.15) is 4.39 Å². The van der Waals surface area contributed by atoms with E-state index in [9.17, 15) is 9.18 Å². The Labute approximate surface area is 152 Å². The third-order valence-electron chi connectivity index (χ3n) is 5.15. The molecular formula is C21H21FN2O2. The number of amides is 1. The molecular weight excluding hydrogens is 331 g/mol. The zero-order valence-corrected chi connectivity index (χ0v) is 14.5. The number of rotatable bonds is 3. The number of aromatic nitrogens is 1. The van der Waals surface area contributed by atoms with Crippen LogP contribution in [-0.2, 0) is 11.3 Å². The van der Waals surface area contributed by atoms with Crippen molar-refractivity contribution in [1.29, 1.82) is 0 Å². The average molecular weight is 352 g/mol. The zero-order chi connectivity index (χ0) is 17.9. The van der Waals surface area contributed by atoms with Crippen molar-refractivity contribution in [2.75, 3.05) is 0 Å². The normalized spacial score (nSPS) is 21.9. The van der Waals surface area contributed by atoms with Crippen LogP contribution in [0.4, 0.5) is 9.18 Å². The Kier molecular flexibility index (Phi) is 4.69. The molecule has 134 valence electrons. The SMILES string of the molecule is O=C(OCc1ccccc1)N1C2C=C(c3ccc(F)nc3)CC1CCC2. The summed E-state index contributed by atoms with van der Waals surface area (Å²) in [7, 11) is 0. The lowest BCUT2D eigenvalue weighted by Crippen LogP contribution is -2.51. The number of nitrogens with zero attached hydrogens (tertiary/aromatic N) is 2. The lowest BCUT2D eigenvalue weighted by Gasteiger charge is -2.44. The highest BCUT2D eigenvalue weighted by molar-refractivity contribution is 5.74. The van der Waals surface area contributed by atoms with Crippen LogP contribution in [0, 0.1) is 5.95 Å². The maximum atomic E-state index is 13.1. The average Bonchev–Trinajstić information content (AvgIpc) is 2.66. The standard InChI is InChI=1S/C21H21FN2O2/c22-20-10-9-16(13-23-20)17-11-18-7-4-8-19(12-17)24(18)21(25)26-14-15-5-2-1-3-6-15/h1-3,5-6,9-11,13,18-19H,4,7-8,12,14H2. The van der Waals surface area contributed by atoms with Crippen LogP contribution in [0.15, 0.2) is 54.7 Å². The van der Waals surface area contributed by atoms with Gasteiger partial charge in [0.1, 0.15) is 6.61 Å². The van der Waals surface area contributed by atoms with Crippen LogP contribution in [0.3, 0.4) is 0 Å². The summed E-state index contributed by atoms with van der Waals surface area (Å²) >= 11 is 0. The first kappa shape index (κ1) is 16.8. The van der Waals surface area contributed by atoms with Gasteiger partial charge in [0, 0.05) is 12.2 Å². The first-order valence-corrected chi connectivity index (χ1v) is 9.02. The van der Waals surface area contributed by atoms with Gasteiger partial charge in [-0.05, 0) is 54.5 Å². The Bertz CT molecular complexity index is 805. The molecule has 1 amide bonds. The number of hydrogen-bond acceptors (Lipinski definition) is 3. The fraction of sp³-hybridized carbons (Fsp3) is 0.333. The molecule has 4 rings (SSSR count). The molecule has 0 radical (unpaired) electrons. The number of ether oxygens (including phenoxy) is 1. The second kappa shape index (κ2) is 7.28. The second-order valence-corrected chi connectivity index (χ2v) is 6.87. The molecule has 1 fully saturated rings. The van der Waals surface area contributed by atoms with Gasteiger partial charge in [0.2, 0.25) is 5.95 Å². The number of carbonyl (C=O) groups excluding carboxylic acids is 1. The van der Waals surface area contributed by atoms with Gasteiger partial charge in [-0.15, -0.1) is 0 Å². The van der Waals surface area contributed by atoms with Crippen LogP contribution < -0.4 is 0 Å². The van der Waals surface area contributed by atoms with Gasteiger partial charge < -0.3 is 4.74 Å².